The van der Waals surface area contributed by atoms with Gasteiger partial charge in [-0.25, -0.2) is 0 Å². The normalized spacial score (nSPS) is 12.4. The zero-order valence-corrected chi connectivity index (χ0v) is 8.49. The van der Waals surface area contributed by atoms with E-state index in [2.05, 4.69) is 5.32 Å². The first-order chi connectivity index (χ1) is 6.99. The number of primary amides is 1. The van der Waals surface area contributed by atoms with Crippen molar-refractivity contribution in [2.75, 3.05) is 11.9 Å². The fourth-order valence-corrected chi connectivity index (χ4v) is 1.07. The van der Waals surface area contributed by atoms with Crippen molar-refractivity contribution in [2.24, 2.45) is 5.73 Å². The second-order valence-corrected chi connectivity index (χ2v) is 3.06. The van der Waals surface area contributed by atoms with Crippen LogP contribution in [0.25, 0.3) is 0 Å². The summed E-state index contributed by atoms with van der Waals surface area (Å²) in [6.07, 6.45) is 0. The van der Waals surface area contributed by atoms with Crippen LogP contribution in [0.1, 0.15) is 13.8 Å². The molecule has 1 unspecified atom stereocenters. The molecule has 0 spiro atoms. The summed E-state index contributed by atoms with van der Waals surface area (Å²) < 4.78 is 4.95. The lowest BCUT2D eigenvalue weighted by atomic mass is 10.2. The molecule has 1 atom stereocenters. The molecule has 15 heavy (non-hydrogen) atoms. The molecule has 6 nitrogen and oxygen atoms in total. The fraction of sp³-hybridized carbons (Fsp3) is 0.444. The molecular weight excluding hydrogens is 200 g/mol. The minimum Gasteiger partial charge on any atom is -0.488 e. The van der Waals surface area contributed by atoms with Crippen molar-refractivity contribution >= 4 is 11.6 Å². The number of amides is 1. The Kier molecular flexibility index (Phi) is 3.08. The van der Waals surface area contributed by atoms with Crippen LogP contribution in [0.4, 0.5) is 5.69 Å². The van der Waals surface area contributed by atoms with Gasteiger partial charge in [-0.3, -0.25) is 14.4 Å². The van der Waals surface area contributed by atoms with E-state index < -0.39 is 22.8 Å². The number of carbonyl (C=O) groups is 1. The average Bonchev–Trinajstić information content (AvgIpc) is 2.22. The number of nitrogens with one attached hydrogen (secondary N) is 1. The summed E-state index contributed by atoms with van der Waals surface area (Å²) in [7, 11) is 0. The Morgan fingerprint density at radius 1 is 1.47 bits per heavy atom. The van der Waals surface area contributed by atoms with Crippen molar-refractivity contribution in [3.05, 3.63) is 20.4 Å². The Labute approximate surface area is 85.7 Å². The van der Waals surface area contributed by atoms with Gasteiger partial charge in [0.25, 0.3) is 10.9 Å². The third-order valence-electron chi connectivity index (χ3n) is 1.94. The summed E-state index contributed by atoms with van der Waals surface area (Å²) in [5.74, 6) is -0.624. The molecule has 0 saturated carbocycles. The summed E-state index contributed by atoms with van der Waals surface area (Å²) in [5.41, 5.74) is 3.69. The number of nitrogens with two attached hydrogens (primary N) is 1. The Hall–Kier alpha value is -1.85. The van der Waals surface area contributed by atoms with Crippen molar-refractivity contribution in [3.8, 4) is 5.75 Å². The van der Waals surface area contributed by atoms with Crippen LogP contribution < -0.4 is 26.6 Å². The minimum absolute atomic E-state index is 0.0180. The van der Waals surface area contributed by atoms with E-state index in [0.717, 1.165) is 0 Å². The van der Waals surface area contributed by atoms with Crippen molar-refractivity contribution < 1.29 is 9.53 Å². The van der Waals surface area contributed by atoms with Crippen LogP contribution in [-0.2, 0) is 4.79 Å². The predicted molar refractivity (Wildman–Crippen MR) is 54.8 cm³/mol. The molecule has 1 rings (SSSR count). The number of carbonyl (C=O) groups excluding carboxylic acids is 1. The van der Waals surface area contributed by atoms with Crippen LogP contribution in [0.3, 0.4) is 0 Å². The molecule has 0 aliphatic rings. The highest BCUT2D eigenvalue weighted by Crippen LogP contribution is 2.17. The molecule has 0 saturated heterocycles. The minimum atomic E-state index is -0.715. The topological polar surface area (TPSA) is 98.5 Å². The van der Waals surface area contributed by atoms with E-state index in [4.69, 9.17) is 10.5 Å². The fourth-order valence-electron chi connectivity index (χ4n) is 1.07. The van der Waals surface area contributed by atoms with Crippen molar-refractivity contribution in [1.82, 2.24) is 0 Å². The quantitative estimate of drug-likeness (QED) is 0.608. The Bertz CT molecular complexity index is 445. The summed E-state index contributed by atoms with van der Waals surface area (Å²) in [4.78, 5) is 32.9. The van der Waals surface area contributed by atoms with Crippen LogP contribution in [0.15, 0.2) is 9.59 Å². The number of hydrogen-bond donors (Lipinski definition) is 2. The number of hydrogen-bond acceptors (Lipinski definition) is 5. The molecule has 0 aromatic heterocycles. The van der Waals surface area contributed by atoms with E-state index in [0.29, 0.717) is 0 Å². The first-order valence-corrected chi connectivity index (χ1v) is 4.51. The highest BCUT2D eigenvalue weighted by atomic mass is 16.5. The van der Waals surface area contributed by atoms with Gasteiger partial charge in [-0.15, -0.1) is 0 Å². The molecule has 0 aliphatic carbocycles. The predicted octanol–water partition coefficient (Wildman–Crippen LogP) is -1.03. The number of rotatable bonds is 5. The van der Waals surface area contributed by atoms with Gasteiger partial charge in [-0.1, -0.05) is 0 Å². The second kappa shape index (κ2) is 4.12. The lowest BCUT2D eigenvalue weighted by Crippen LogP contribution is -2.41. The number of anilines is 1. The molecule has 1 amide bonds. The molecule has 0 aliphatic heterocycles. The van der Waals surface area contributed by atoms with Crippen LogP contribution >= 0.6 is 0 Å². The highest BCUT2D eigenvalue weighted by molar-refractivity contribution is 5.83. The molecule has 1 aromatic rings. The monoisotopic (exact) mass is 212 g/mol. The molecule has 6 heteroatoms. The van der Waals surface area contributed by atoms with E-state index in [1.165, 1.54) is 6.92 Å². The molecule has 0 bridgehead atoms. The maximum atomic E-state index is 11.1. The van der Waals surface area contributed by atoms with Gasteiger partial charge in [-0.2, -0.15) is 0 Å². The highest BCUT2D eigenvalue weighted by Gasteiger charge is 2.24. The molecule has 3 N–H and O–H groups in total. The van der Waals surface area contributed by atoms with Gasteiger partial charge >= 0.3 is 0 Å². The largest absolute Gasteiger partial charge is 0.488 e. The van der Waals surface area contributed by atoms with Crippen molar-refractivity contribution in [1.29, 1.82) is 0 Å². The Morgan fingerprint density at radius 3 is 2.53 bits per heavy atom. The molecule has 1 aromatic carbocycles. The first kappa shape index (κ1) is 11.2. The van der Waals surface area contributed by atoms with Gasteiger partial charge in [0.1, 0.15) is 11.7 Å². The van der Waals surface area contributed by atoms with Crippen LogP contribution in [0.5, 0.6) is 5.75 Å². The standard InChI is InChI=1S/C9H12N2O4/c1-3-15-8-5(6(12)7(8)13)11-4(2)9(10)14/h4,11H,3H2,1-2H3,(H2,10,14). The van der Waals surface area contributed by atoms with E-state index in [1.54, 1.807) is 6.92 Å². The third kappa shape index (κ3) is 1.98. The van der Waals surface area contributed by atoms with E-state index in [9.17, 15) is 14.4 Å². The van der Waals surface area contributed by atoms with Crippen LogP contribution in [0.2, 0.25) is 0 Å². The molecule has 0 fully saturated rings. The van der Waals surface area contributed by atoms with E-state index in [1.807, 2.05) is 0 Å². The van der Waals surface area contributed by atoms with Gasteiger partial charge in [0.2, 0.25) is 5.91 Å². The second-order valence-electron chi connectivity index (χ2n) is 3.06. The van der Waals surface area contributed by atoms with Gasteiger partial charge in [-0.05, 0) is 13.8 Å². The van der Waals surface area contributed by atoms with Gasteiger partial charge in [0.05, 0.1) is 6.61 Å². The Morgan fingerprint density at radius 2 is 2.07 bits per heavy atom. The molecular formula is C9H12N2O4. The summed E-state index contributed by atoms with van der Waals surface area (Å²) >= 11 is 0. The Balaban J connectivity index is 2.87. The zero-order valence-electron chi connectivity index (χ0n) is 8.49. The van der Waals surface area contributed by atoms with Gasteiger partial charge in [0.15, 0.2) is 5.75 Å². The first-order valence-electron chi connectivity index (χ1n) is 4.51. The third-order valence-corrected chi connectivity index (χ3v) is 1.94. The lowest BCUT2D eigenvalue weighted by molar-refractivity contribution is -0.118. The summed E-state index contributed by atoms with van der Waals surface area (Å²) in [5, 5.41) is 2.54. The maximum absolute atomic E-state index is 11.1. The number of ether oxygens (including phenoxy) is 1. The van der Waals surface area contributed by atoms with Crippen LogP contribution in [0, 0.1) is 0 Å². The van der Waals surface area contributed by atoms with Crippen molar-refractivity contribution in [2.45, 2.75) is 19.9 Å². The summed E-state index contributed by atoms with van der Waals surface area (Å²) in [6, 6.07) is -0.715. The SMILES string of the molecule is CCOc1c(NC(C)C(N)=O)c(=O)c1=O. The van der Waals surface area contributed by atoms with Crippen LogP contribution in [-0.4, -0.2) is 18.6 Å². The van der Waals surface area contributed by atoms with Gasteiger partial charge < -0.3 is 15.8 Å². The van der Waals surface area contributed by atoms with Gasteiger partial charge in [0, 0.05) is 0 Å². The molecule has 0 heterocycles. The smallest absolute Gasteiger partial charge is 0.272 e. The zero-order chi connectivity index (χ0) is 11.6. The average molecular weight is 212 g/mol. The van der Waals surface area contributed by atoms with E-state index in [-0.39, 0.29) is 18.0 Å². The molecule has 0 radical (unpaired) electrons. The maximum Gasteiger partial charge on any atom is 0.272 e. The van der Waals surface area contributed by atoms with Crippen molar-refractivity contribution in [3.63, 3.8) is 0 Å². The summed E-state index contributed by atoms with van der Waals surface area (Å²) in [6.45, 7) is 3.47. The lowest BCUT2D eigenvalue weighted by Gasteiger charge is -2.15. The van der Waals surface area contributed by atoms with E-state index >= 15 is 0 Å². The molecule has 82 valence electrons.